The molecule has 1 aromatic carbocycles. The molecule has 0 radical (unpaired) electrons. The lowest BCUT2D eigenvalue weighted by molar-refractivity contribution is 1.22. The molecule has 1 N–H and O–H groups in total. The zero-order valence-corrected chi connectivity index (χ0v) is 10.6. The summed E-state index contributed by atoms with van der Waals surface area (Å²) in [6.45, 7) is 2.91. The van der Waals surface area contributed by atoms with Crippen LogP contribution < -0.4 is 10.5 Å². The standard InChI is InChI=1S/C8H11Cl2NSi/c1-2-11-8-6(12)4-3-5(9)7(8)10/h3-4,11H,2H2,1,12H3. The maximum Gasteiger partial charge on any atom is 0.0821 e. The number of hydrogen-bond acceptors (Lipinski definition) is 1. The first-order valence-corrected chi connectivity index (χ1v) is 5.61. The molecule has 1 rings (SSSR count). The highest BCUT2D eigenvalue weighted by atomic mass is 35.5. The number of nitrogens with one attached hydrogen (secondary N) is 1. The van der Waals surface area contributed by atoms with Crippen molar-refractivity contribution in [3.8, 4) is 0 Å². The third-order valence-electron chi connectivity index (χ3n) is 1.66. The predicted octanol–water partition coefficient (Wildman–Crippen LogP) is 1.42. The van der Waals surface area contributed by atoms with Gasteiger partial charge in [0.1, 0.15) is 0 Å². The lowest BCUT2D eigenvalue weighted by atomic mass is 10.3. The Morgan fingerprint density at radius 3 is 2.67 bits per heavy atom. The van der Waals surface area contributed by atoms with E-state index in [1.54, 1.807) is 0 Å². The van der Waals surface area contributed by atoms with Gasteiger partial charge in [0.15, 0.2) is 0 Å². The first-order chi connectivity index (χ1) is 5.66. The van der Waals surface area contributed by atoms with Crippen LogP contribution in [0.3, 0.4) is 0 Å². The first kappa shape index (κ1) is 9.90. The monoisotopic (exact) mass is 219 g/mol. The number of rotatable bonds is 2. The molecule has 1 aromatic rings. The van der Waals surface area contributed by atoms with E-state index in [1.807, 2.05) is 19.1 Å². The van der Waals surface area contributed by atoms with E-state index in [4.69, 9.17) is 23.2 Å². The van der Waals surface area contributed by atoms with Crippen LogP contribution in [0, 0.1) is 0 Å². The molecule has 12 heavy (non-hydrogen) atoms. The second-order valence-electron chi connectivity index (χ2n) is 2.58. The van der Waals surface area contributed by atoms with Gasteiger partial charge in [-0.05, 0) is 18.2 Å². The smallest absolute Gasteiger partial charge is 0.0821 e. The molecule has 0 spiro atoms. The Labute approximate surface area is 85.5 Å². The van der Waals surface area contributed by atoms with Crippen molar-refractivity contribution in [1.82, 2.24) is 0 Å². The van der Waals surface area contributed by atoms with Crippen molar-refractivity contribution < 1.29 is 0 Å². The maximum absolute atomic E-state index is 6.01. The van der Waals surface area contributed by atoms with E-state index in [9.17, 15) is 0 Å². The summed E-state index contributed by atoms with van der Waals surface area (Å²) < 4.78 is 0. The van der Waals surface area contributed by atoms with Gasteiger partial charge in [-0.3, -0.25) is 0 Å². The molecule has 4 heteroatoms. The second kappa shape index (κ2) is 4.17. The highest BCUT2D eigenvalue weighted by molar-refractivity contribution is 6.47. The Kier molecular flexibility index (Phi) is 3.44. The average molecular weight is 220 g/mol. The molecule has 1 nitrogen and oxygen atoms in total. The zero-order chi connectivity index (χ0) is 9.14. The minimum atomic E-state index is 0.618. The normalized spacial score (nSPS) is 10.2. The number of halogens is 2. The fourth-order valence-corrected chi connectivity index (χ4v) is 2.23. The van der Waals surface area contributed by atoms with Crippen LogP contribution in [0.1, 0.15) is 6.92 Å². The third kappa shape index (κ3) is 1.94. The van der Waals surface area contributed by atoms with Crippen LogP contribution in [0.4, 0.5) is 5.69 Å². The minimum absolute atomic E-state index is 0.618. The van der Waals surface area contributed by atoms with Gasteiger partial charge in [0.25, 0.3) is 0 Å². The Hall–Kier alpha value is -0.183. The van der Waals surface area contributed by atoms with Crippen LogP contribution in [0.5, 0.6) is 0 Å². The molecule has 0 saturated carbocycles. The number of anilines is 1. The van der Waals surface area contributed by atoms with Crippen molar-refractivity contribution in [3.63, 3.8) is 0 Å². The summed E-state index contributed by atoms with van der Waals surface area (Å²) in [6, 6.07) is 3.85. The molecule has 0 heterocycles. The van der Waals surface area contributed by atoms with Crippen molar-refractivity contribution in [2.24, 2.45) is 0 Å². The zero-order valence-electron chi connectivity index (χ0n) is 7.12. The number of hydrogen-bond donors (Lipinski definition) is 1. The molecular weight excluding hydrogens is 209 g/mol. The van der Waals surface area contributed by atoms with Gasteiger partial charge in [-0.2, -0.15) is 0 Å². The summed E-state index contributed by atoms with van der Waals surface area (Å²) >= 11 is 11.9. The molecule has 0 saturated heterocycles. The summed E-state index contributed by atoms with van der Waals surface area (Å²) in [6.07, 6.45) is 0. The molecule has 66 valence electrons. The fourth-order valence-electron chi connectivity index (χ4n) is 1.04. The molecular formula is C8H11Cl2NSi. The van der Waals surface area contributed by atoms with Crippen LogP contribution >= 0.6 is 23.2 Å². The molecule has 0 unspecified atom stereocenters. The largest absolute Gasteiger partial charge is 0.384 e. The van der Waals surface area contributed by atoms with Gasteiger partial charge in [-0.25, -0.2) is 0 Å². The van der Waals surface area contributed by atoms with E-state index in [0.29, 0.717) is 10.0 Å². The third-order valence-corrected chi connectivity index (χ3v) is 3.29. The molecule has 0 bridgehead atoms. The van der Waals surface area contributed by atoms with Crippen LogP contribution in [0.2, 0.25) is 10.0 Å². The Morgan fingerprint density at radius 2 is 2.08 bits per heavy atom. The second-order valence-corrected chi connectivity index (χ2v) is 4.45. The van der Waals surface area contributed by atoms with Gasteiger partial charge < -0.3 is 5.32 Å². The van der Waals surface area contributed by atoms with E-state index >= 15 is 0 Å². The summed E-state index contributed by atoms with van der Waals surface area (Å²) in [5.74, 6) is 0. The molecule has 0 aromatic heterocycles. The molecule has 0 atom stereocenters. The van der Waals surface area contributed by atoms with Crippen LogP contribution in [0.25, 0.3) is 0 Å². The van der Waals surface area contributed by atoms with Gasteiger partial charge in [-0.15, -0.1) is 0 Å². The van der Waals surface area contributed by atoms with Crippen molar-refractivity contribution in [1.29, 1.82) is 0 Å². The van der Waals surface area contributed by atoms with E-state index in [1.165, 1.54) is 5.19 Å². The molecule has 0 fully saturated rings. The van der Waals surface area contributed by atoms with Gasteiger partial charge in [0.05, 0.1) is 15.7 Å². The van der Waals surface area contributed by atoms with Crippen LogP contribution in [-0.2, 0) is 0 Å². The van der Waals surface area contributed by atoms with Crippen molar-refractivity contribution in [3.05, 3.63) is 22.2 Å². The Morgan fingerprint density at radius 1 is 1.42 bits per heavy atom. The topological polar surface area (TPSA) is 12.0 Å². The van der Waals surface area contributed by atoms with E-state index in [0.717, 1.165) is 22.5 Å². The summed E-state index contributed by atoms with van der Waals surface area (Å²) in [7, 11) is 0.981. The molecule has 0 aliphatic rings. The lowest BCUT2D eigenvalue weighted by Crippen LogP contribution is -2.12. The highest BCUT2D eigenvalue weighted by Gasteiger charge is 2.05. The molecule has 0 aliphatic heterocycles. The fraction of sp³-hybridized carbons (Fsp3) is 0.250. The van der Waals surface area contributed by atoms with Crippen molar-refractivity contribution in [2.75, 3.05) is 11.9 Å². The first-order valence-electron chi connectivity index (χ1n) is 3.85. The van der Waals surface area contributed by atoms with Crippen molar-refractivity contribution >= 4 is 44.3 Å². The molecule has 0 amide bonds. The predicted molar refractivity (Wildman–Crippen MR) is 60.2 cm³/mol. The number of benzene rings is 1. The maximum atomic E-state index is 6.01. The Balaban J connectivity index is 3.14. The van der Waals surface area contributed by atoms with Crippen LogP contribution in [0.15, 0.2) is 12.1 Å². The van der Waals surface area contributed by atoms with E-state index in [2.05, 4.69) is 5.32 Å². The summed E-state index contributed by atoms with van der Waals surface area (Å²) in [4.78, 5) is 0. The van der Waals surface area contributed by atoms with Crippen molar-refractivity contribution in [2.45, 2.75) is 6.92 Å². The summed E-state index contributed by atoms with van der Waals surface area (Å²) in [5, 5.41) is 5.72. The van der Waals surface area contributed by atoms with E-state index in [-0.39, 0.29) is 0 Å². The summed E-state index contributed by atoms with van der Waals surface area (Å²) in [5.41, 5.74) is 0.998. The van der Waals surface area contributed by atoms with E-state index < -0.39 is 0 Å². The Bertz CT molecular complexity index is 289. The lowest BCUT2D eigenvalue weighted by Gasteiger charge is -2.10. The van der Waals surface area contributed by atoms with Gasteiger partial charge in [-0.1, -0.05) is 29.3 Å². The van der Waals surface area contributed by atoms with Gasteiger partial charge in [0, 0.05) is 16.8 Å². The average Bonchev–Trinajstić information content (AvgIpc) is 2.06. The SMILES string of the molecule is CCNc1c([SiH3])ccc(Cl)c1Cl. The highest BCUT2D eigenvalue weighted by Crippen LogP contribution is 2.27. The quantitative estimate of drug-likeness (QED) is 0.743. The van der Waals surface area contributed by atoms with Gasteiger partial charge >= 0.3 is 0 Å². The molecule has 0 aliphatic carbocycles. The van der Waals surface area contributed by atoms with Crippen LogP contribution in [-0.4, -0.2) is 16.8 Å². The van der Waals surface area contributed by atoms with Gasteiger partial charge in [0.2, 0.25) is 0 Å². The minimum Gasteiger partial charge on any atom is -0.384 e.